The molecule has 2 rings (SSSR count). The first-order valence-corrected chi connectivity index (χ1v) is 6.61. The van der Waals surface area contributed by atoms with Crippen molar-refractivity contribution < 1.29 is 13.9 Å². The smallest absolute Gasteiger partial charge is 0.186 e. The monoisotopic (exact) mass is 291 g/mol. The summed E-state index contributed by atoms with van der Waals surface area (Å²) in [4.78, 5) is 8.45. The Morgan fingerprint density at radius 3 is 2.57 bits per heavy atom. The predicted octanol–water partition coefficient (Wildman–Crippen LogP) is 3.04. The van der Waals surface area contributed by atoms with Gasteiger partial charge in [0.05, 0.1) is 25.5 Å². The summed E-state index contributed by atoms with van der Waals surface area (Å²) < 4.78 is 24.5. The van der Waals surface area contributed by atoms with Crippen molar-refractivity contribution in [2.75, 3.05) is 26.1 Å². The van der Waals surface area contributed by atoms with E-state index < -0.39 is 5.82 Å². The van der Waals surface area contributed by atoms with Crippen LogP contribution in [0.15, 0.2) is 18.2 Å². The minimum Gasteiger partial charge on any atom is -0.497 e. The van der Waals surface area contributed by atoms with Gasteiger partial charge in [0.15, 0.2) is 17.5 Å². The fraction of sp³-hybridized carbons (Fsp3) is 0.333. The fourth-order valence-electron chi connectivity index (χ4n) is 1.95. The zero-order chi connectivity index (χ0) is 15.4. The number of ether oxygens (including phenoxy) is 2. The van der Waals surface area contributed by atoms with E-state index in [1.807, 2.05) is 6.92 Å². The SMILES string of the molecule is CCNc1nc(-c2cc(OC)ccc2OC)nc(C)c1F. The van der Waals surface area contributed by atoms with Crippen LogP contribution in [0.2, 0.25) is 0 Å². The predicted molar refractivity (Wildman–Crippen MR) is 79.4 cm³/mol. The van der Waals surface area contributed by atoms with E-state index in [2.05, 4.69) is 15.3 Å². The van der Waals surface area contributed by atoms with Crippen LogP contribution in [0, 0.1) is 12.7 Å². The number of hydrogen-bond donors (Lipinski definition) is 1. The first-order valence-electron chi connectivity index (χ1n) is 6.61. The van der Waals surface area contributed by atoms with Gasteiger partial charge in [-0.15, -0.1) is 0 Å². The first kappa shape index (κ1) is 15.0. The molecule has 0 atom stereocenters. The molecule has 0 unspecified atom stereocenters. The van der Waals surface area contributed by atoms with Gasteiger partial charge < -0.3 is 14.8 Å². The molecule has 1 aromatic carbocycles. The van der Waals surface area contributed by atoms with Gasteiger partial charge in [0.2, 0.25) is 0 Å². The molecule has 0 aliphatic carbocycles. The molecule has 0 aliphatic rings. The Labute approximate surface area is 123 Å². The summed E-state index contributed by atoms with van der Waals surface area (Å²) in [7, 11) is 3.14. The third kappa shape index (κ3) is 3.04. The zero-order valence-electron chi connectivity index (χ0n) is 12.5. The molecule has 2 aromatic rings. The molecule has 0 spiro atoms. The van der Waals surface area contributed by atoms with Crippen LogP contribution in [0.25, 0.3) is 11.4 Å². The first-order chi connectivity index (χ1) is 10.1. The summed E-state index contributed by atoms with van der Waals surface area (Å²) in [6, 6.07) is 5.31. The Bertz CT molecular complexity index is 647. The van der Waals surface area contributed by atoms with Crippen molar-refractivity contribution in [2.24, 2.45) is 0 Å². The van der Waals surface area contributed by atoms with E-state index in [1.54, 1.807) is 39.3 Å². The molecule has 0 radical (unpaired) electrons. The lowest BCUT2D eigenvalue weighted by Gasteiger charge is -2.12. The molecule has 0 fully saturated rings. The maximum atomic E-state index is 14.0. The second-order valence-corrected chi connectivity index (χ2v) is 4.39. The largest absolute Gasteiger partial charge is 0.497 e. The third-order valence-electron chi connectivity index (χ3n) is 3.01. The molecule has 1 aromatic heterocycles. The number of nitrogens with zero attached hydrogens (tertiary/aromatic N) is 2. The molecular weight excluding hydrogens is 273 g/mol. The van der Waals surface area contributed by atoms with Crippen molar-refractivity contribution in [2.45, 2.75) is 13.8 Å². The molecular formula is C15H18FN3O2. The number of nitrogens with one attached hydrogen (secondary N) is 1. The number of benzene rings is 1. The van der Waals surface area contributed by atoms with E-state index >= 15 is 0 Å². The number of rotatable bonds is 5. The summed E-state index contributed by atoms with van der Waals surface area (Å²) in [5, 5.41) is 2.89. The van der Waals surface area contributed by atoms with Crippen molar-refractivity contribution in [1.29, 1.82) is 0 Å². The van der Waals surface area contributed by atoms with E-state index in [1.165, 1.54) is 0 Å². The molecule has 1 heterocycles. The summed E-state index contributed by atoms with van der Waals surface area (Å²) in [5.41, 5.74) is 0.930. The summed E-state index contributed by atoms with van der Waals surface area (Å²) in [6.45, 7) is 4.05. The van der Waals surface area contributed by atoms with Gasteiger partial charge in [0.25, 0.3) is 0 Å². The Hall–Kier alpha value is -2.37. The van der Waals surface area contributed by atoms with Crippen molar-refractivity contribution in [1.82, 2.24) is 9.97 Å². The van der Waals surface area contributed by atoms with E-state index in [9.17, 15) is 4.39 Å². The summed E-state index contributed by atoms with van der Waals surface area (Å²) in [6.07, 6.45) is 0. The third-order valence-corrected chi connectivity index (χ3v) is 3.01. The number of methoxy groups -OCH3 is 2. The zero-order valence-corrected chi connectivity index (χ0v) is 12.5. The van der Waals surface area contributed by atoms with Gasteiger partial charge in [-0.25, -0.2) is 14.4 Å². The van der Waals surface area contributed by atoms with E-state index in [-0.39, 0.29) is 11.5 Å². The Morgan fingerprint density at radius 2 is 1.95 bits per heavy atom. The standard InChI is InChI=1S/C15H18FN3O2/c1-5-17-15-13(16)9(2)18-14(19-15)11-8-10(20-3)6-7-12(11)21-4/h6-8H,5H2,1-4H3,(H,17,18,19). The highest BCUT2D eigenvalue weighted by atomic mass is 19.1. The molecule has 5 nitrogen and oxygen atoms in total. The highest BCUT2D eigenvalue weighted by molar-refractivity contribution is 5.67. The van der Waals surface area contributed by atoms with Crippen LogP contribution in [0.1, 0.15) is 12.6 Å². The van der Waals surface area contributed by atoms with Crippen LogP contribution >= 0.6 is 0 Å². The Morgan fingerprint density at radius 1 is 1.19 bits per heavy atom. The van der Waals surface area contributed by atoms with Gasteiger partial charge in [-0.3, -0.25) is 0 Å². The number of aromatic nitrogens is 2. The topological polar surface area (TPSA) is 56.3 Å². The number of hydrogen-bond acceptors (Lipinski definition) is 5. The van der Waals surface area contributed by atoms with Crippen molar-refractivity contribution >= 4 is 5.82 Å². The molecule has 112 valence electrons. The van der Waals surface area contributed by atoms with Gasteiger partial charge >= 0.3 is 0 Å². The van der Waals surface area contributed by atoms with Crippen LogP contribution in [-0.2, 0) is 0 Å². The molecule has 6 heteroatoms. The summed E-state index contributed by atoms with van der Waals surface area (Å²) >= 11 is 0. The number of halogens is 1. The molecule has 0 saturated carbocycles. The normalized spacial score (nSPS) is 10.3. The Balaban J connectivity index is 2.60. The van der Waals surface area contributed by atoms with Crippen LogP contribution in [0.3, 0.4) is 0 Å². The van der Waals surface area contributed by atoms with E-state index in [4.69, 9.17) is 9.47 Å². The average molecular weight is 291 g/mol. The van der Waals surface area contributed by atoms with Crippen LogP contribution in [0.5, 0.6) is 11.5 Å². The highest BCUT2D eigenvalue weighted by Gasteiger charge is 2.16. The van der Waals surface area contributed by atoms with Crippen LogP contribution < -0.4 is 14.8 Å². The van der Waals surface area contributed by atoms with Gasteiger partial charge in [-0.05, 0) is 32.0 Å². The number of aryl methyl sites for hydroxylation is 1. The number of anilines is 1. The highest BCUT2D eigenvalue weighted by Crippen LogP contribution is 2.32. The maximum Gasteiger partial charge on any atom is 0.186 e. The quantitative estimate of drug-likeness (QED) is 0.917. The van der Waals surface area contributed by atoms with Gasteiger partial charge in [0.1, 0.15) is 11.5 Å². The molecule has 0 amide bonds. The van der Waals surface area contributed by atoms with Crippen molar-refractivity contribution in [3.05, 3.63) is 29.7 Å². The van der Waals surface area contributed by atoms with Crippen molar-refractivity contribution in [3.63, 3.8) is 0 Å². The van der Waals surface area contributed by atoms with Gasteiger partial charge in [0, 0.05) is 6.54 Å². The van der Waals surface area contributed by atoms with Crippen LogP contribution in [0.4, 0.5) is 10.2 Å². The molecule has 1 N–H and O–H groups in total. The lowest BCUT2D eigenvalue weighted by atomic mass is 10.1. The van der Waals surface area contributed by atoms with E-state index in [0.29, 0.717) is 29.4 Å². The second-order valence-electron chi connectivity index (χ2n) is 4.39. The molecule has 0 bridgehead atoms. The molecule has 0 aliphatic heterocycles. The van der Waals surface area contributed by atoms with Gasteiger partial charge in [-0.2, -0.15) is 0 Å². The fourth-order valence-corrected chi connectivity index (χ4v) is 1.95. The van der Waals surface area contributed by atoms with Crippen LogP contribution in [-0.4, -0.2) is 30.7 Å². The lowest BCUT2D eigenvalue weighted by molar-refractivity contribution is 0.404. The minimum atomic E-state index is -0.442. The summed E-state index contributed by atoms with van der Waals surface area (Å²) in [5.74, 6) is 1.39. The minimum absolute atomic E-state index is 0.185. The van der Waals surface area contributed by atoms with Crippen molar-refractivity contribution in [3.8, 4) is 22.9 Å². The molecule has 0 saturated heterocycles. The Kier molecular flexibility index (Phi) is 4.57. The van der Waals surface area contributed by atoms with E-state index in [0.717, 1.165) is 0 Å². The average Bonchev–Trinajstić information content (AvgIpc) is 2.51. The molecule has 21 heavy (non-hydrogen) atoms. The van der Waals surface area contributed by atoms with Gasteiger partial charge in [-0.1, -0.05) is 0 Å². The second kappa shape index (κ2) is 6.39. The maximum absolute atomic E-state index is 14.0. The lowest BCUT2D eigenvalue weighted by Crippen LogP contribution is -2.07.